The number of phenolic OH excluding ortho intramolecular Hbond substituents is 1. The van der Waals surface area contributed by atoms with E-state index in [-0.39, 0.29) is 11.2 Å². The summed E-state index contributed by atoms with van der Waals surface area (Å²) >= 11 is 1.68. The molecule has 3 nitrogen and oxygen atoms in total. The van der Waals surface area contributed by atoms with Crippen LogP contribution in [0, 0.1) is 6.92 Å². The molecule has 0 aliphatic heterocycles. The van der Waals surface area contributed by atoms with E-state index >= 15 is 0 Å². The number of thiazole rings is 1. The third-order valence-electron chi connectivity index (χ3n) is 7.34. The minimum atomic E-state index is -0.0247. The number of fused-ring (bicyclic) bond motifs is 1. The monoisotopic (exact) mass is 552 g/mol. The highest BCUT2D eigenvalue weighted by Crippen LogP contribution is 2.41. The molecule has 0 saturated carbocycles. The topological polar surface area (TPSA) is 45.5 Å². The summed E-state index contributed by atoms with van der Waals surface area (Å²) in [5.74, 6) is 0.218. The largest absolute Gasteiger partial charge is 0.507 e. The molecule has 0 atom stereocenters. The molecule has 0 amide bonds. The first-order valence-corrected chi connectivity index (χ1v) is 14.6. The van der Waals surface area contributed by atoms with Crippen molar-refractivity contribution < 1.29 is 5.11 Å². The van der Waals surface area contributed by atoms with Gasteiger partial charge in [-0.1, -0.05) is 99.1 Å². The fourth-order valence-corrected chi connectivity index (χ4v) is 5.99. The van der Waals surface area contributed by atoms with Gasteiger partial charge in [0.1, 0.15) is 10.8 Å². The Kier molecular flexibility index (Phi) is 7.02. The zero-order valence-electron chi connectivity index (χ0n) is 23.7. The fourth-order valence-electron chi connectivity index (χ4n) is 4.93. The zero-order chi connectivity index (χ0) is 28.6. The van der Waals surface area contributed by atoms with Crippen LogP contribution in [0.3, 0.4) is 0 Å². The van der Waals surface area contributed by atoms with Crippen molar-refractivity contribution in [2.75, 3.05) is 0 Å². The molecule has 0 radical (unpaired) electrons. The van der Waals surface area contributed by atoms with Gasteiger partial charge in [0, 0.05) is 22.9 Å². The summed E-state index contributed by atoms with van der Waals surface area (Å²) < 4.78 is 1.13. The molecule has 1 heterocycles. The molecule has 4 heteroatoms. The molecule has 0 bridgehead atoms. The van der Waals surface area contributed by atoms with Crippen LogP contribution in [0.4, 0.5) is 5.69 Å². The number of aryl methyl sites for hydroxylation is 1. The predicted molar refractivity (Wildman–Crippen MR) is 175 cm³/mol. The molecule has 41 heavy (non-hydrogen) atoms. The van der Waals surface area contributed by atoms with Crippen molar-refractivity contribution in [3.63, 3.8) is 0 Å². The van der Waals surface area contributed by atoms with Crippen LogP contribution in [0.15, 0.2) is 114 Å². The molecule has 1 aromatic heterocycles. The molecule has 1 N–H and O–H groups in total. The number of hydrogen-bond acceptors (Lipinski definition) is 4. The lowest BCUT2D eigenvalue weighted by atomic mass is 9.86. The van der Waals surface area contributed by atoms with Crippen LogP contribution in [0.5, 0.6) is 5.75 Å². The summed E-state index contributed by atoms with van der Waals surface area (Å²) in [7, 11) is 0. The standard InChI is InChI=1S/C37H32N2OS/c1-24-14-16-25(17-15-24)27-21-31(26-10-6-5-7-11-26)35-34(22-27)41-36(39-35)30-12-8-9-13-32(30)38-23-28-20-29(37(2,3)4)18-19-33(28)40/h5-23,40H,1-4H3. The Balaban J connectivity index is 1.46. The smallest absolute Gasteiger partial charge is 0.126 e. The van der Waals surface area contributed by atoms with E-state index < -0.39 is 0 Å². The first-order chi connectivity index (χ1) is 19.8. The van der Waals surface area contributed by atoms with Gasteiger partial charge in [-0.2, -0.15) is 0 Å². The van der Waals surface area contributed by atoms with Crippen LogP contribution in [0.1, 0.15) is 37.5 Å². The summed E-state index contributed by atoms with van der Waals surface area (Å²) in [4.78, 5) is 10.0. The maximum atomic E-state index is 10.5. The second-order valence-corrected chi connectivity index (χ2v) is 12.5. The van der Waals surface area contributed by atoms with Crippen LogP contribution in [-0.4, -0.2) is 16.3 Å². The van der Waals surface area contributed by atoms with Crippen LogP contribution >= 0.6 is 11.3 Å². The van der Waals surface area contributed by atoms with E-state index in [1.807, 2.05) is 36.4 Å². The number of phenols is 1. The molecule has 0 fully saturated rings. The van der Waals surface area contributed by atoms with Crippen molar-refractivity contribution in [1.29, 1.82) is 0 Å². The van der Waals surface area contributed by atoms with Gasteiger partial charge in [-0.15, -0.1) is 11.3 Å². The van der Waals surface area contributed by atoms with E-state index in [0.717, 1.165) is 43.2 Å². The van der Waals surface area contributed by atoms with Gasteiger partial charge >= 0.3 is 0 Å². The zero-order valence-corrected chi connectivity index (χ0v) is 24.5. The van der Waals surface area contributed by atoms with Gasteiger partial charge in [0.15, 0.2) is 0 Å². The SMILES string of the molecule is Cc1ccc(-c2cc(-c3ccccc3)c3nc(-c4ccccc4N=Cc4cc(C(C)(C)C)ccc4O)sc3c2)cc1. The second-order valence-electron chi connectivity index (χ2n) is 11.4. The van der Waals surface area contributed by atoms with E-state index in [0.29, 0.717) is 5.56 Å². The van der Waals surface area contributed by atoms with Crippen molar-refractivity contribution in [1.82, 2.24) is 4.98 Å². The van der Waals surface area contributed by atoms with E-state index in [2.05, 4.69) is 94.4 Å². The lowest BCUT2D eigenvalue weighted by Crippen LogP contribution is -2.11. The van der Waals surface area contributed by atoms with Crippen molar-refractivity contribution in [3.8, 4) is 38.6 Å². The van der Waals surface area contributed by atoms with E-state index in [4.69, 9.17) is 9.98 Å². The number of aliphatic imine (C=N–C) groups is 1. The van der Waals surface area contributed by atoms with Crippen molar-refractivity contribution in [2.24, 2.45) is 4.99 Å². The summed E-state index contributed by atoms with van der Waals surface area (Å²) in [5.41, 5.74) is 10.5. The quantitative estimate of drug-likeness (QED) is 0.216. The maximum absolute atomic E-state index is 10.5. The number of benzene rings is 5. The number of rotatable bonds is 5. The number of nitrogens with zero attached hydrogens (tertiary/aromatic N) is 2. The Bertz CT molecular complexity index is 1880. The van der Waals surface area contributed by atoms with Crippen LogP contribution in [0.25, 0.3) is 43.0 Å². The Morgan fingerprint density at radius 3 is 2.22 bits per heavy atom. The third-order valence-corrected chi connectivity index (χ3v) is 8.37. The fraction of sp³-hybridized carbons (Fsp3) is 0.135. The van der Waals surface area contributed by atoms with E-state index in [9.17, 15) is 5.11 Å². The lowest BCUT2D eigenvalue weighted by molar-refractivity contribution is 0.473. The minimum absolute atomic E-state index is 0.0247. The van der Waals surface area contributed by atoms with Crippen molar-refractivity contribution in [2.45, 2.75) is 33.1 Å². The number of para-hydroxylation sites is 1. The van der Waals surface area contributed by atoms with Gasteiger partial charge in [-0.25, -0.2) is 4.98 Å². The van der Waals surface area contributed by atoms with E-state index in [1.54, 1.807) is 23.6 Å². The Morgan fingerprint density at radius 1 is 0.732 bits per heavy atom. The molecule has 5 aromatic carbocycles. The minimum Gasteiger partial charge on any atom is -0.507 e. The first-order valence-electron chi connectivity index (χ1n) is 13.8. The molecule has 6 rings (SSSR count). The molecular formula is C37H32N2OS. The molecule has 0 aliphatic rings. The van der Waals surface area contributed by atoms with Gasteiger partial charge in [-0.3, -0.25) is 4.99 Å². The first kappa shape index (κ1) is 26.7. The van der Waals surface area contributed by atoms with Gasteiger partial charge < -0.3 is 5.11 Å². The van der Waals surface area contributed by atoms with Gasteiger partial charge in [-0.05, 0) is 71.0 Å². The highest BCUT2D eigenvalue weighted by atomic mass is 32.1. The molecular weight excluding hydrogens is 520 g/mol. The van der Waals surface area contributed by atoms with E-state index in [1.165, 1.54) is 16.7 Å². The average Bonchev–Trinajstić information content (AvgIpc) is 3.41. The Morgan fingerprint density at radius 2 is 1.46 bits per heavy atom. The van der Waals surface area contributed by atoms with Crippen LogP contribution in [-0.2, 0) is 5.41 Å². The number of hydrogen-bond donors (Lipinski definition) is 1. The maximum Gasteiger partial charge on any atom is 0.126 e. The number of aromatic nitrogens is 1. The number of aromatic hydroxyl groups is 1. The summed E-state index contributed by atoms with van der Waals surface area (Å²) in [5, 5.41) is 11.4. The van der Waals surface area contributed by atoms with Crippen molar-refractivity contribution >= 4 is 33.5 Å². The molecule has 0 aliphatic carbocycles. The van der Waals surface area contributed by atoms with Gasteiger partial charge in [0.25, 0.3) is 0 Å². The third kappa shape index (κ3) is 5.57. The highest BCUT2D eigenvalue weighted by molar-refractivity contribution is 7.21. The highest BCUT2D eigenvalue weighted by Gasteiger charge is 2.17. The Labute approximate surface area is 245 Å². The summed E-state index contributed by atoms with van der Waals surface area (Å²) in [6.07, 6.45) is 1.75. The van der Waals surface area contributed by atoms with Crippen molar-refractivity contribution in [3.05, 3.63) is 126 Å². The summed E-state index contributed by atoms with van der Waals surface area (Å²) in [6.45, 7) is 8.60. The Hall–Kier alpha value is -4.54. The van der Waals surface area contributed by atoms with Crippen LogP contribution in [0.2, 0.25) is 0 Å². The van der Waals surface area contributed by atoms with Gasteiger partial charge in [0.05, 0.1) is 15.9 Å². The van der Waals surface area contributed by atoms with Gasteiger partial charge in [0.2, 0.25) is 0 Å². The molecule has 6 aromatic rings. The molecule has 0 spiro atoms. The average molecular weight is 553 g/mol. The molecule has 0 saturated heterocycles. The predicted octanol–water partition coefficient (Wildman–Crippen LogP) is 10.4. The molecule has 0 unspecified atom stereocenters. The normalized spacial score (nSPS) is 11.9. The second kappa shape index (κ2) is 10.8. The summed E-state index contributed by atoms with van der Waals surface area (Å²) in [6, 6.07) is 37.4. The lowest BCUT2D eigenvalue weighted by Gasteiger charge is -2.19. The van der Waals surface area contributed by atoms with Crippen LogP contribution < -0.4 is 0 Å². The molecule has 202 valence electrons.